The highest BCUT2D eigenvalue weighted by atomic mass is 35.5. The summed E-state index contributed by atoms with van der Waals surface area (Å²) in [6.07, 6.45) is 1.78. The van der Waals surface area contributed by atoms with Gasteiger partial charge >= 0.3 is 0 Å². The van der Waals surface area contributed by atoms with Crippen LogP contribution in [0.25, 0.3) is 0 Å². The van der Waals surface area contributed by atoms with Gasteiger partial charge in [-0.25, -0.2) is 4.90 Å². The van der Waals surface area contributed by atoms with Crippen LogP contribution in [0.2, 0.25) is 5.02 Å². The van der Waals surface area contributed by atoms with Crippen molar-refractivity contribution in [2.45, 2.75) is 24.9 Å². The summed E-state index contributed by atoms with van der Waals surface area (Å²) in [5.41, 5.74) is 1.10. The van der Waals surface area contributed by atoms with E-state index in [0.717, 1.165) is 19.4 Å². The number of Topliss-reactive ketones (excluding diaryl/α,β-unsaturated/α-hetero) is 1. The number of ketones is 1. The fourth-order valence-electron chi connectivity index (χ4n) is 5.13. The molecule has 142 valence electrons. The number of hydrogen-bond acceptors (Lipinski definition) is 4. The van der Waals surface area contributed by atoms with Gasteiger partial charge in [-0.05, 0) is 55.8 Å². The van der Waals surface area contributed by atoms with E-state index in [1.807, 2.05) is 18.2 Å². The van der Waals surface area contributed by atoms with Crippen LogP contribution in [0.5, 0.6) is 0 Å². The Balaban J connectivity index is 1.55. The quantitative estimate of drug-likeness (QED) is 0.592. The highest BCUT2D eigenvalue weighted by Crippen LogP contribution is 2.48. The Morgan fingerprint density at radius 2 is 1.61 bits per heavy atom. The number of para-hydroxylation sites is 1. The van der Waals surface area contributed by atoms with Gasteiger partial charge in [0.25, 0.3) is 0 Å². The average molecular weight is 395 g/mol. The van der Waals surface area contributed by atoms with Crippen molar-refractivity contribution in [1.82, 2.24) is 4.90 Å². The maximum Gasteiger partial charge on any atom is 0.239 e. The van der Waals surface area contributed by atoms with Crippen molar-refractivity contribution in [2.75, 3.05) is 11.4 Å². The molecule has 6 heteroatoms. The first-order chi connectivity index (χ1) is 13.6. The summed E-state index contributed by atoms with van der Waals surface area (Å²) in [5.74, 6) is -1.61. The summed E-state index contributed by atoms with van der Waals surface area (Å²) in [4.78, 5) is 43.3. The predicted molar refractivity (Wildman–Crippen MR) is 105 cm³/mol. The van der Waals surface area contributed by atoms with Crippen LogP contribution in [-0.4, -0.2) is 41.1 Å². The SMILES string of the molecule is O=C(c1ccc(Cl)cc1)[C@@H]1[C@H]2C(=O)N(c3ccccc3)C(=O)[C@@H]2[C@@H]2CCCN12. The minimum absolute atomic E-state index is 0.0450. The van der Waals surface area contributed by atoms with Gasteiger partial charge in [0, 0.05) is 16.6 Å². The van der Waals surface area contributed by atoms with Gasteiger partial charge in [0.15, 0.2) is 5.78 Å². The van der Waals surface area contributed by atoms with E-state index in [0.29, 0.717) is 16.3 Å². The van der Waals surface area contributed by atoms with Crippen LogP contribution in [0.3, 0.4) is 0 Å². The summed E-state index contributed by atoms with van der Waals surface area (Å²) < 4.78 is 0. The van der Waals surface area contributed by atoms with E-state index in [1.54, 1.807) is 36.4 Å². The molecule has 4 atom stereocenters. The first-order valence-electron chi connectivity index (χ1n) is 9.56. The molecule has 3 aliphatic rings. The van der Waals surface area contributed by atoms with Crippen LogP contribution < -0.4 is 4.90 Å². The van der Waals surface area contributed by atoms with E-state index >= 15 is 0 Å². The molecule has 0 aliphatic carbocycles. The van der Waals surface area contributed by atoms with Gasteiger partial charge in [0.1, 0.15) is 0 Å². The summed E-state index contributed by atoms with van der Waals surface area (Å²) in [5, 5.41) is 0.558. The van der Waals surface area contributed by atoms with Crippen molar-refractivity contribution in [3.8, 4) is 0 Å². The van der Waals surface area contributed by atoms with E-state index in [4.69, 9.17) is 11.6 Å². The normalized spacial score (nSPS) is 29.2. The maximum absolute atomic E-state index is 13.4. The van der Waals surface area contributed by atoms with Crippen molar-refractivity contribution in [2.24, 2.45) is 11.8 Å². The van der Waals surface area contributed by atoms with Crippen LogP contribution in [0.15, 0.2) is 54.6 Å². The van der Waals surface area contributed by atoms with E-state index in [1.165, 1.54) is 4.90 Å². The third-order valence-corrected chi connectivity index (χ3v) is 6.52. The zero-order chi connectivity index (χ0) is 19.4. The largest absolute Gasteiger partial charge is 0.292 e. The second-order valence-electron chi connectivity index (χ2n) is 7.66. The molecule has 2 aromatic carbocycles. The van der Waals surface area contributed by atoms with Crippen LogP contribution in [-0.2, 0) is 9.59 Å². The summed E-state index contributed by atoms with van der Waals surface area (Å²) in [6.45, 7) is 0.744. The van der Waals surface area contributed by atoms with Crippen molar-refractivity contribution >= 4 is 34.9 Å². The van der Waals surface area contributed by atoms with Crippen LogP contribution in [0.1, 0.15) is 23.2 Å². The molecule has 3 aliphatic heterocycles. The maximum atomic E-state index is 13.4. The highest BCUT2D eigenvalue weighted by Gasteiger charge is 2.64. The van der Waals surface area contributed by atoms with Crippen molar-refractivity contribution < 1.29 is 14.4 Å². The van der Waals surface area contributed by atoms with Gasteiger partial charge in [-0.2, -0.15) is 0 Å². The number of carbonyl (C=O) groups is 3. The molecule has 0 bridgehead atoms. The van der Waals surface area contributed by atoms with Crippen LogP contribution in [0.4, 0.5) is 5.69 Å². The monoisotopic (exact) mass is 394 g/mol. The van der Waals surface area contributed by atoms with Gasteiger partial charge < -0.3 is 0 Å². The molecule has 5 rings (SSSR count). The first-order valence-corrected chi connectivity index (χ1v) is 9.94. The van der Waals surface area contributed by atoms with Crippen LogP contribution >= 0.6 is 11.6 Å². The Morgan fingerprint density at radius 3 is 2.32 bits per heavy atom. The predicted octanol–water partition coefficient (Wildman–Crippen LogP) is 3.18. The van der Waals surface area contributed by atoms with Gasteiger partial charge in [0.05, 0.1) is 23.6 Å². The number of hydrogen-bond donors (Lipinski definition) is 0. The molecule has 0 saturated carbocycles. The van der Waals surface area contributed by atoms with E-state index < -0.39 is 17.9 Å². The number of anilines is 1. The molecule has 0 aromatic heterocycles. The number of rotatable bonds is 3. The van der Waals surface area contributed by atoms with E-state index in [9.17, 15) is 14.4 Å². The molecular formula is C22H19ClN2O3. The topological polar surface area (TPSA) is 57.7 Å². The number of amides is 2. The molecule has 2 aromatic rings. The third-order valence-electron chi connectivity index (χ3n) is 6.26. The lowest BCUT2D eigenvalue weighted by Gasteiger charge is -2.27. The molecule has 0 unspecified atom stereocenters. The molecule has 3 fully saturated rings. The molecule has 5 nitrogen and oxygen atoms in total. The Labute approximate surface area is 167 Å². The van der Waals surface area contributed by atoms with Gasteiger partial charge in [-0.15, -0.1) is 0 Å². The fourth-order valence-corrected chi connectivity index (χ4v) is 5.26. The van der Waals surface area contributed by atoms with Crippen molar-refractivity contribution in [3.63, 3.8) is 0 Å². The molecule has 3 heterocycles. The Kier molecular flexibility index (Phi) is 4.11. The Morgan fingerprint density at radius 1 is 0.929 bits per heavy atom. The number of fused-ring (bicyclic) bond motifs is 3. The van der Waals surface area contributed by atoms with E-state index in [2.05, 4.69) is 4.90 Å². The number of nitrogens with zero attached hydrogens (tertiary/aromatic N) is 2. The molecule has 0 radical (unpaired) electrons. The third kappa shape index (κ3) is 2.46. The Hall–Kier alpha value is -2.50. The lowest BCUT2D eigenvalue weighted by Crippen LogP contribution is -2.46. The summed E-state index contributed by atoms with van der Waals surface area (Å²) in [7, 11) is 0. The number of imide groups is 1. The minimum Gasteiger partial charge on any atom is -0.292 e. The van der Waals surface area contributed by atoms with E-state index in [-0.39, 0.29) is 23.6 Å². The molecule has 0 spiro atoms. The number of halogens is 1. The lowest BCUT2D eigenvalue weighted by molar-refractivity contribution is -0.123. The first kappa shape index (κ1) is 17.6. The fraction of sp³-hybridized carbons (Fsp3) is 0.318. The zero-order valence-electron chi connectivity index (χ0n) is 15.1. The molecule has 28 heavy (non-hydrogen) atoms. The minimum atomic E-state index is -0.624. The van der Waals surface area contributed by atoms with Crippen LogP contribution in [0, 0.1) is 11.8 Å². The summed E-state index contributed by atoms with van der Waals surface area (Å²) in [6, 6.07) is 15.1. The van der Waals surface area contributed by atoms with Crippen molar-refractivity contribution in [3.05, 3.63) is 65.2 Å². The molecular weight excluding hydrogens is 376 g/mol. The standard InChI is InChI=1S/C22H19ClN2O3/c23-14-10-8-13(9-11-14)20(26)19-18-17(16-7-4-12-24(16)19)21(27)25(22(18)28)15-5-2-1-3-6-15/h1-3,5-6,8-11,16-19H,4,7,12H2/t16-,17+,18-,19-/m0/s1. The average Bonchev–Trinajstić information content (AvgIpc) is 3.35. The number of benzene rings is 2. The zero-order valence-corrected chi connectivity index (χ0v) is 15.9. The molecule has 3 saturated heterocycles. The second-order valence-corrected chi connectivity index (χ2v) is 8.10. The second kappa shape index (κ2) is 6.54. The molecule has 2 amide bonds. The smallest absolute Gasteiger partial charge is 0.239 e. The highest BCUT2D eigenvalue weighted by molar-refractivity contribution is 6.30. The van der Waals surface area contributed by atoms with Gasteiger partial charge in [-0.1, -0.05) is 29.8 Å². The van der Waals surface area contributed by atoms with Gasteiger partial charge in [-0.3, -0.25) is 19.3 Å². The number of carbonyl (C=O) groups excluding carboxylic acids is 3. The Bertz CT molecular complexity index is 960. The molecule has 0 N–H and O–H groups in total. The lowest BCUT2D eigenvalue weighted by atomic mass is 9.85. The van der Waals surface area contributed by atoms with Gasteiger partial charge in [0.2, 0.25) is 11.8 Å². The van der Waals surface area contributed by atoms with Crippen molar-refractivity contribution in [1.29, 1.82) is 0 Å². The summed E-state index contributed by atoms with van der Waals surface area (Å²) >= 11 is 5.96.